The molecule has 0 amide bonds. The largest absolute Gasteiger partial charge is 0.394 e. The third kappa shape index (κ3) is 13.3. The lowest BCUT2D eigenvalue weighted by Crippen LogP contribution is -2.17. The van der Waals surface area contributed by atoms with Crippen molar-refractivity contribution in [3.8, 4) is 0 Å². The Bertz CT molecular complexity index is 653. The van der Waals surface area contributed by atoms with Gasteiger partial charge in [-0.2, -0.15) is 11.8 Å². The fourth-order valence-electron chi connectivity index (χ4n) is 2.91. The van der Waals surface area contributed by atoms with Gasteiger partial charge in [-0.15, -0.1) is 0 Å². The van der Waals surface area contributed by atoms with E-state index in [2.05, 4.69) is 32.5 Å². The Balaban J connectivity index is 0.000000223. The molecule has 0 radical (unpaired) electrons. The number of halogens is 2. The number of nitrogens with two attached hydrogens (primary N) is 1. The van der Waals surface area contributed by atoms with Crippen LogP contribution in [0.1, 0.15) is 64.5 Å². The summed E-state index contributed by atoms with van der Waals surface area (Å²) >= 11 is 13.4. The van der Waals surface area contributed by atoms with E-state index in [0.29, 0.717) is 9.77 Å². The quantitative estimate of drug-likeness (QED) is 0.502. The van der Waals surface area contributed by atoms with Crippen LogP contribution in [0.15, 0.2) is 54.6 Å². The van der Waals surface area contributed by atoms with Gasteiger partial charge in [0.1, 0.15) is 0 Å². The second kappa shape index (κ2) is 14.3. The first-order valence-electron chi connectivity index (χ1n) is 10.2. The maximum absolute atomic E-state index is 8.70. The molecule has 2 aromatic carbocycles. The molecule has 1 atom stereocenters. The average molecular weight is 457 g/mol. The molecule has 2 aromatic rings. The molecule has 0 aliphatic heterocycles. The second-order valence-electron chi connectivity index (χ2n) is 8.13. The van der Waals surface area contributed by atoms with Gasteiger partial charge in [-0.25, -0.2) is 0 Å². The van der Waals surface area contributed by atoms with Crippen molar-refractivity contribution < 1.29 is 5.11 Å². The monoisotopic (exact) mass is 455 g/mol. The van der Waals surface area contributed by atoms with E-state index in [1.807, 2.05) is 42.5 Å². The van der Waals surface area contributed by atoms with Gasteiger partial charge < -0.3 is 10.8 Å². The zero-order valence-corrected chi connectivity index (χ0v) is 20.1. The summed E-state index contributed by atoms with van der Waals surface area (Å²) in [6, 6.07) is 16.3. The fourth-order valence-corrected chi connectivity index (χ4v) is 4.75. The minimum absolute atomic E-state index is 0.0400. The van der Waals surface area contributed by atoms with Crippen LogP contribution in [0.4, 0.5) is 0 Å². The predicted octanol–water partition coefficient (Wildman–Crippen LogP) is 7.52. The van der Waals surface area contributed by atoms with E-state index in [1.165, 1.54) is 32.1 Å². The Hall–Kier alpha value is -0.710. The van der Waals surface area contributed by atoms with Crippen molar-refractivity contribution >= 4 is 35.0 Å². The first-order valence-corrected chi connectivity index (χ1v) is 11.8. The highest BCUT2D eigenvalue weighted by molar-refractivity contribution is 8.01. The topological polar surface area (TPSA) is 46.2 Å². The molecule has 3 rings (SSSR count). The Kier molecular flexibility index (Phi) is 13.0. The Morgan fingerprint density at radius 3 is 1.86 bits per heavy atom. The number of thioether (sulfide) groups is 1. The number of hydrogen-bond donors (Lipinski definition) is 2. The van der Waals surface area contributed by atoms with E-state index in [-0.39, 0.29) is 12.6 Å². The zero-order chi connectivity index (χ0) is 21.7. The van der Waals surface area contributed by atoms with Crippen molar-refractivity contribution in [1.82, 2.24) is 0 Å². The highest BCUT2D eigenvalue weighted by Crippen LogP contribution is 2.36. The highest BCUT2D eigenvalue weighted by Gasteiger charge is 2.20. The van der Waals surface area contributed by atoms with Crippen LogP contribution in [0.2, 0.25) is 10.0 Å². The molecule has 0 bridgehead atoms. The third-order valence-corrected chi connectivity index (χ3v) is 6.32. The van der Waals surface area contributed by atoms with Gasteiger partial charge in [-0.05, 0) is 42.7 Å². The molecule has 2 nitrogen and oxygen atoms in total. The Morgan fingerprint density at radius 2 is 1.45 bits per heavy atom. The van der Waals surface area contributed by atoms with Crippen molar-refractivity contribution in [3.63, 3.8) is 0 Å². The maximum atomic E-state index is 8.70. The maximum Gasteiger partial charge on any atom is 0.0624 e. The van der Waals surface area contributed by atoms with Gasteiger partial charge in [-0.1, -0.05) is 93.6 Å². The molecule has 0 aromatic heterocycles. The van der Waals surface area contributed by atoms with E-state index in [9.17, 15) is 0 Å². The predicted molar refractivity (Wildman–Crippen MR) is 131 cm³/mol. The van der Waals surface area contributed by atoms with Gasteiger partial charge in [0.05, 0.1) is 12.6 Å². The second-order valence-corrected chi connectivity index (χ2v) is 11.1. The first kappa shape index (κ1) is 26.3. The normalized spacial score (nSPS) is 15.4. The van der Waals surface area contributed by atoms with E-state index in [4.69, 9.17) is 34.0 Å². The lowest BCUT2D eigenvalue weighted by Gasteiger charge is -2.28. The molecular weight excluding hydrogens is 421 g/mol. The zero-order valence-electron chi connectivity index (χ0n) is 17.8. The number of rotatable bonds is 3. The number of aliphatic hydroxyl groups excluding tert-OH is 1. The minimum Gasteiger partial charge on any atom is -0.394 e. The molecule has 0 saturated heterocycles. The molecule has 1 fully saturated rings. The van der Waals surface area contributed by atoms with Crippen molar-refractivity contribution in [3.05, 3.63) is 70.2 Å². The van der Waals surface area contributed by atoms with Crippen molar-refractivity contribution in [2.75, 3.05) is 6.61 Å². The Labute approximate surface area is 191 Å². The Morgan fingerprint density at radius 1 is 0.931 bits per heavy atom. The number of aliphatic hydroxyl groups is 1. The minimum atomic E-state index is -0.299. The van der Waals surface area contributed by atoms with E-state index in [1.54, 1.807) is 12.1 Å². The third-order valence-electron chi connectivity index (χ3n) is 4.30. The van der Waals surface area contributed by atoms with Crippen LogP contribution in [-0.4, -0.2) is 21.7 Å². The summed E-state index contributed by atoms with van der Waals surface area (Å²) in [4.78, 5) is 0. The molecule has 0 heterocycles. The molecule has 162 valence electrons. The lowest BCUT2D eigenvalue weighted by atomic mass is 10.0. The summed E-state index contributed by atoms with van der Waals surface area (Å²) in [6.45, 7) is 6.94. The lowest BCUT2D eigenvalue weighted by molar-refractivity contribution is 0.268. The summed E-state index contributed by atoms with van der Waals surface area (Å²) < 4.78 is 0.474. The van der Waals surface area contributed by atoms with Crippen LogP contribution in [0.3, 0.4) is 0 Å². The summed E-state index contributed by atoms with van der Waals surface area (Å²) in [5, 5.41) is 11.1. The van der Waals surface area contributed by atoms with Crippen molar-refractivity contribution in [1.29, 1.82) is 0 Å². The number of hydrogen-bond acceptors (Lipinski definition) is 3. The summed E-state index contributed by atoms with van der Waals surface area (Å²) in [5.74, 6) is 0. The van der Waals surface area contributed by atoms with Gasteiger partial charge in [0.15, 0.2) is 0 Å². The van der Waals surface area contributed by atoms with E-state index < -0.39 is 0 Å². The SMILES string of the molecule is CC(C)(C)SC1CCCCC1.Clc1ccccc1.NC(CO)c1ccc(Cl)cc1. The van der Waals surface area contributed by atoms with Crippen LogP contribution in [0.25, 0.3) is 0 Å². The van der Waals surface area contributed by atoms with Gasteiger partial charge >= 0.3 is 0 Å². The van der Waals surface area contributed by atoms with E-state index in [0.717, 1.165) is 15.8 Å². The molecular formula is C24H35Cl2NOS. The summed E-state index contributed by atoms with van der Waals surface area (Å²) in [7, 11) is 0. The van der Waals surface area contributed by atoms with Gasteiger partial charge in [0.2, 0.25) is 0 Å². The fraction of sp³-hybridized carbons (Fsp3) is 0.500. The van der Waals surface area contributed by atoms with Crippen LogP contribution in [0.5, 0.6) is 0 Å². The molecule has 0 spiro atoms. The highest BCUT2D eigenvalue weighted by atomic mass is 35.5. The molecule has 3 N–H and O–H groups in total. The van der Waals surface area contributed by atoms with Crippen LogP contribution >= 0.6 is 35.0 Å². The van der Waals surface area contributed by atoms with Gasteiger partial charge in [0, 0.05) is 20.0 Å². The number of benzene rings is 2. The van der Waals surface area contributed by atoms with Gasteiger partial charge in [0.25, 0.3) is 0 Å². The van der Waals surface area contributed by atoms with Crippen LogP contribution in [0, 0.1) is 0 Å². The molecule has 1 aliphatic carbocycles. The van der Waals surface area contributed by atoms with Crippen molar-refractivity contribution in [2.24, 2.45) is 5.73 Å². The molecule has 5 heteroatoms. The van der Waals surface area contributed by atoms with E-state index >= 15 is 0 Å². The first-order chi connectivity index (χ1) is 13.7. The van der Waals surface area contributed by atoms with Gasteiger partial charge in [-0.3, -0.25) is 0 Å². The van der Waals surface area contributed by atoms with Crippen LogP contribution in [-0.2, 0) is 0 Å². The summed E-state index contributed by atoms with van der Waals surface area (Å²) in [6.07, 6.45) is 7.33. The standard InChI is InChI=1S/C10H20S.C8H10ClNO.C6H5Cl/c1-10(2,3)11-9-7-5-4-6-8-9;9-7-3-1-6(2-4-7)8(10)5-11;7-6-4-2-1-3-5-6/h9H,4-8H2,1-3H3;1-4,8,11H,5,10H2;1-5H. The van der Waals surface area contributed by atoms with Crippen LogP contribution < -0.4 is 5.73 Å². The molecule has 1 unspecified atom stereocenters. The summed E-state index contributed by atoms with van der Waals surface area (Å²) in [5.41, 5.74) is 6.45. The smallest absolute Gasteiger partial charge is 0.0624 e. The molecule has 29 heavy (non-hydrogen) atoms. The van der Waals surface area contributed by atoms with Crippen molar-refractivity contribution in [2.45, 2.75) is 68.9 Å². The molecule has 1 saturated carbocycles. The average Bonchev–Trinajstić information content (AvgIpc) is 2.69. The molecule has 1 aliphatic rings.